The van der Waals surface area contributed by atoms with E-state index in [1.165, 1.54) is 22.7 Å². The number of hydrogen-bond acceptors (Lipinski definition) is 6. The Balaban J connectivity index is 1.82. The van der Waals surface area contributed by atoms with Crippen molar-refractivity contribution < 1.29 is 9.59 Å². The molecule has 2 amide bonds. The molecule has 128 valence electrons. The predicted octanol–water partition coefficient (Wildman–Crippen LogP) is 3.92. The highest BCUT2D eigenvalue weighted by Crippen LogP contribution is 2.32. The maximum Gasteiger partial charge on any atom is 0.256 e. The molecule has 0 bridgehead atoms. The van der Waals surface area contributed by atoms with E-state index in [9.17, 15) is 9.59 Å². The molecule has 2 heterocycles. The third-order valence-electron chi connectivity index (χ3n) is 3.67. The molecule has 0 aliphatic rings. The Morgan fingerprint density at radius 1 is 1.24 bits per heavy atom. The summed E-state index contributed by atoms with van der Waals surface area (Å²) in [6.45, 7) is 3.71. The number of amides is 2. The minimum Gasteiger partial charge on any atom is -0.365 e. The lowest BCUT2D eigenvalue weighted by atomic mass is 10.1. The second-order valence-electron chi connectivity index (χ2n) is 5.35. The number of carbonyl (C=O) groups is 2. The van der Waals surface area contributed by atoms with E-state index in [0.717, 1.165) is 21.3 Å². The third-order valence-corrected chi connectivity index (χ3v) is 5.48. The van der Waals surface area contributed by atoms with E-state index in [2.05, 4.69) is 15.6 Å². The maximum atomic E-state index is 12.6. The highest BCUT2D eigenvalue weighted by Gasteiger charge is 2.19. The van der Waals surface area contributed by atoms with Crippen LogP contribution in [0.25, 0.3) is 0 Å². The van der Waals surface area contributed by atoms with Gasteiger partial charge in [-0.3, -0.25) is 9.59 Å². The van der Waals surface area contributed by atoms with Gasteiger partial charge in [-0.25, -0.2) is 4.98 Å². The molecule has 2 aromatic heterocycles. The third kappa shape index (κ3) is 3.70. The van der Waals surface area contributed by atoms with Crippen molar-refractivity contribution in [1.29, 1.82) is 0 Å². The number of aryl methyl sites for hydroxylation is 1. The van der Waals surface area contributed by atoms with Crippen LogP contribution in [0.15, 0.2) is 35.8 Å². The molecule has 0 atom stereocenters. The summed E-state index contributed by atoms with van der Waals surface area (Å²) < 4.78 is 0. The van der Waals surface area contributed by atoms with Crippen molar-refractivity contribution in [2.75, 3.05) is 10.6 Å². The van der Waals surface area contributed by atoms with Gasteiger partial charge in [-0.1, -0.05) is 6.07 Å². The molecule has 8 heteroatoms. The zero-order valence-corrected chi connectivity index (χ0v) is 15.3. The summed E-state index contributed by atoms with van der Waals surface area (Å²) in [6, 6.07) is 7.07. The van der Waals surface area contributed by atoms with Gasteiger partial charge in [0, 0.05) is 27.7 Å². The number of nitrogens with one attached hydrogen (secondary N) is 2. The zero-order chi connectivity index (χ0) is 18.0. The smallest absolute Gasteiger partial charge is 0.256 e. The first kappa shape index (κ1) is 17.1. The number of thiophene rings is 1. The Morgan fingerprint density at radius 3 is 2.72 bits per heavy atom. The molecule has 0 saturated heterocycles. The van der Waals surface area contributed by atoms with Gasteiger partial charge in [0.1, 0.15) is 5.00 Å². The van der Waals surface area contributed by atoms with Crippen LogP contribution in [0.5, 0.6) is 0 Å². The van der Waals surface area contributed by atoms with E-state index < -0.39 is 5.91 Å². The summed E-state index contributed by atoms with van der Waals surface area (Å²) in [7, 11) is 0. The highest BCUT2D eigenvalue weighted by molar-refractivity contribution is 7.16. The summed E-state index contributed by atoms with van der Waals surface area (Å²) in [5, 5.41) is 9.03. The Morgan fingerprint density at radius 2 is 2.04 bits per heavy atom. The largest absolute Gasteiger partial charge is 0.365 e. The number of nitrogens with two attached hydrogens (primary N) is 1. The number of aromatic nitrogens is 1. The fraction of sp³-hybridized carbons (Fsp3) is 0.118. The normalized spacial score (nSPS) is 10.5. The van der Waals surface area contributed by atoms with Gasteiger partial charge in [-0.2, -0.15) is 0 Å². The molecule has 3 aromatic rings. The van der Waals surface area contributed by atoms with Crippen LogP contribution in [0.3, 0.4) is 0 Å². The van der Waals surface area contributed by atoms with Crippen LogP contribution in [-0.2, 0) is 0 Å². The number of primary amides is 1. The molecule has 0 aliphatic heterocycles. The lowest BCUT2D eigenvalue weighted by Gasteiger charge is -2.07. The molecular weight excluding hydrogens is 356 g/mol. The second-order valence-corrected chi connectivity index (χ2v) is 7.47. The summed E-state index contributed by atoms with van der Waals surface area (Å²) >= 11 is 2.82. The Kier molecular flexibility index (Phi) is 4.82. The Labute approximate surface area is 152 Å². The fourth-order valence-electron chi connectivity index (χ4n) is 2.33. The molecular formula is C17H16N4O2S2. The summed E-state index contributed by atoms with van der Waals surface area (Å²) in [4.78, 5) is 29.3. The van der Waals surface area contributed by atoms with Crippen molar-refractivity contribution >= 4 is 50.3 Å². The van der Waals surface area contributed by atoms with Crippen LogP contribution in [0.1, 0.15) is 31.2 Å². The number of benzene rings is 1. The minimum absolute atomic E-state index is 0.300. The van der Waals surface area contributed by atoms with Gasteiger partial charge in [0.15, 0.2) is 5.13 Å². The monoisotopic (exact) mass is 372 g/mol. The van der Waals surface area contributed by atoms with E-state index in [-0.39, 0.29) is 5.91 Å². The lowest BCUT2D eigenvalue weighted by molar-refractivity contribution is 0.100. The Bertz CT molecular complexity index is 932. The van der Waals surface area contributed by atoms with Crippen molar-refractivity contribution in [2.24, 2.45) is 5.73 Å². The number of thiazole rings is 1. The van der Waals surface area contributed by atoms with Crippen molar-refractivity contribution in [3.63, 3.8) is 0 Å². The average Bonchev–Trinajstić information content (AvgIpc) is 3.16. The van der Waals surface area contributed by atoms with E-state index in [1.807, 2.05) is 25.3 Å². The summed E-state index contributed by atoms with van der Waals surface area (Å²) in [5.74, 6) is -0.845. The maximum absolute atomic E-state index is 12.6. The molecule has 0 fully saturated rings. The van der Waals surface area contributed by atoms with Crippen LogP contribution >= 0.6 is 22.7 Å². The van der Waals surface area contributed by atoms with Gasteiger partial charge in [0.05, 0.1) is 5.56 Å². The van der Waals surface area contributed by atoms with Gasteiger partial charge in [0.25, 0.3) is 11.8 Å². The first-order chi connectivity index (χ1) is 12.0. The van der Waals surface area contributed by atoms with E-state index in [0.29, 0.717) is 16.1 Å². The van der Waals surface area contributed by atoms with E-state index >= 15 is 0 Å². The van der Waals surface area contributed by atoms with Gasteiger partial charge >= 0.3 is 0 Å². The predicted molar refractivity (Wildman–Crippen MR) is 102 cm³/mol. The molecule has 0 unspecified atom stereocenters. The number of hydrogen-bond donors (Lipinski definition) is 3. The SMILES string of the molecule is Cc1sc(NC(=O)c2cccc(Nc3nccs3)c2)c(C(N)=O)c1C. The molecule has 0 spiro atoms. The molecule has 1 aromatic carbocycles. The van der Waals surface area contributed by atoms with Crippen LogP contribution < -0.4 is 16.4 Å². The number of nitrogens with zero attached hydrogens (tertiary/aromatic N) is 1. The molecule has 6 nitrogen and oxygen atoms in total. The first-order valence-corrected chi connectivity index (χ1v) is 9.13. The van der Waals surface area contributed by atoms with Crippen molar-refractivity contribution in [1.82, 2.24) is 4.98 Å². The van der Waals surface area contributed by atoms with Gasteiger partial charge < -0.3 is 16.4 Å². The molecule has 3 rings (SSSR count). The van der Waals surface area contributed by atoms with Crippen LogP contribution in [-0.4, -0.2) is 16.8 Å². The molecule has 0 aliphatic carbocycles. The van der Waals surface area contributed by atoms with E-state index in [4.69, 9.17) is 5.73 Å². The lowest BCUT2D eigenvalue weighted by Crippen LogP contribution is -2.17. The van der Waals surface area contributed by atoms with Gasteiger partial charge in [-0.15, -0.1) is 22.7 Å². The van der Waals surface area contributed by atoms with Crippen molar-refractivity contribution in [3.8, 4) is 0 Å². The minimum atomic E-state index is -0.545. The quantitative estimate of drug-likeness (QED) is 0.632. The van der Waals surface area contributed by atoms with Gasteiger partial charge in [0.2, 0.25) is 0 Å². The number of carbonyl (C=O) groups excluding carboxylic acids is 2. The summed E-state index contributed by atoms with van der Waals surface area (Å²) in [6.07, 6.45) is 1.70. The molecule has 0 saturated carbocycles. The first-order valence-electron chi connectivity index (χ1n) is 7.43. The number of rotatable bonds is 5. The van der Waals surface area contributed by atoms with Crippen molar-refractivity contribution in [3.05, 3.63) is 57.4 Å². The fourth-order valence-corrected chi connectivity index (χ4v) is 3.94. The highest BCUT2D eigenvalue weighted by atomic mass is 32.1. The molecule has 4 N–H and O–H groups in total. The van der Waals surface area contributed by atoms with Crippen LogP contribution in [0.4, 0.5) is 15.8 Å². The topological polar surface area (TPSA) is 97.1 Å². The van der Waals surface area contributed by atoms with Crippen LogP contribution in [0, 0.1) is 13.8 Å². The second kappa shape index (κ2) is 7.04. The summed E-state index contributed by atoms with van der Waals surface area (Å²) in [5.41, 5.74) is 7.84. The van der Waals surface area contributed by atoms with Gasteiger partial charge in [-0.05, 0) is 37.6 Å². The van der Waals surface area contributed by atoms with E-state index in [1.54, 1.807) is 24.4 Å². The average molecular weight is 372 g/mol. The van der Waals surface area contributed by atoms with Crippen molar-refractivity contribution in [2.45, 2.75) is 13.8 Å². The Hall–Kier alpha value is -2.71. The molecule has 25 heavy (non-hydrogen) atoms. The standard InChI is InChI=1S/C17H16N4O2S2/c1-9-10(2)25-16(13(9)14(18)22)21-15(23)11-4-3-5-12(8-11)20-17-19-6-7-24-17/h3-8H,1-2H3,(H2,18,22)(H,19,20)(H,21,23). The number of anilines is 3. The van der Waals surface area contributed by atoms with Crippen LogP contribution in [0.2, 0.25) is 0 Å². The molecule has 0 radical (unpaired) electrons. The zero-order valence-electron chi connectivity index (χ0n) is 13.6.